The molecule has 0 bridgehead atoms. The van der Waals surface area contributed by atoms with Crippen molar-refractivity contribution in [1.29, 1.82) is 0 Å². The number of anilines is 1. The monoisotopic (exact) mass is 211 g/mol. The molecular weight excluding hydrogens is 198 g/mol. The molecule has 0 aliphatic heterocycles. The maximum absolute atomic E-state index is 10.6. The standard InChI is InChI=1S/C9H13N3OS/c1-6-8(9(10)12-11-6)4-3-5-14-7(2)13/h3-4H,5H2,1-2H3,(H3,10,11,12). The molecule has 0 unspecified atom stereocenters. The summed E-state index contributed by atoms with van der Waals surface area (Å²) in [5.74, 6) is 1.16. The summed E-state index contributed by atoms with van der Waals surface area (Å²) in [7, 11) is 0. The lowest BCUT2D eigenvalue weighted by atomic mass is 10.2. The number of nitrogens with one attached hydrogen (secondary N) is 1. The molecule has 1 aromatic heterocycles. The molecule has 1 aromatic rings. The molecule has 0 radical (unpaired) electrons. The van der Waals surface area contributed by atoms with Crippen molar-refractivity contribution in [2.24, 2.45) is 0 Å². The Bertz CT molecular complexity index is 337. The van der Waals surface area contributed by atoms with E-state index in [1.165, 1.54) is 11.8 Å². The summed E-state index contributed by atoms with van der Waals surface area (Å²) in [6.45, 7) is 3.46. The summed E-state index contributed by atoms with van der Waals surface area (Å²) in [4.78, 5) is 10.6. The van der Waals surface area contributed by atoms with Crippen LogP contribution in [0.1, 0.15) is 18.2 Å². The molecule has 76 valence electrons. The Morgan fingerprint density at radius 2 is 2.43 bits per heavy atom. The first-order valence-electron chi connectivity index (χ1n) is 4.21. The third-order valence-corrected chi connectivity index (χ3v) is 2.46. The molecule has 0 saturated carbocycles. The van der Waals surface area contributed by atoms with Crippen LogP contribution in [0.4, 0.5) is 5.82 Å². The highest BCUT2D eigenvalue weighted by Gasteiger charge is 2.01. The predicted octanol–water partition coefficient (Wildman–Crippen LogP) is 1.59. The highest BCUT2D eigenvalue weighted by Crippen LogP contribution is 2.14. The number of nitrogen functional groups attached to an aromatic ring is 1. The number of hydrogen-bond acceptors (Lipinski definition) is 4. The smallest absolute Gasteiger partial charge is 0.186 e. The predicted molar refractivity (Wildman–Crippen MR) is 59.9 cm³/mol. The number of aromatic amines is 1. The van der Waals surface area contributed by atoms with Crippen LogP contribution in [-0.4, -0.2) is 21.1 Å². The van der Waals surface area contributed by atoms with Crippen molar-refractivity contribution in [2.75, 3.05) is 11.5 Å². The number of aryl methyl sites for hydroxylation is 1. The van der Waals surface area contributed by atoms with Crippen LogP contribution in [0, 0.1) is 6.92 Å². The van der Waals surface area contributed by atoms with Crippen molar-refractivity contribution in [3.05, 3.63) is 17.3 Å². The fourth-order valence-electron chi connectivity index (χ4n) is 0.998. The van der Waals surface area contributed by atoms with E-state index in [-0.39, 0.29) is 5.12 Å². The number of H-pyrrole nitrogens is 1. The van der Waals surface area contributed by atoms with Crippen molar-refractivity contribution in [3.63, 3.8) is 0 Å². The van der Waals surface area contributed by atoms with E-state index >= 15 is 0 Å². The van der Waals surface area contributed by atoms with Gasteiger partial charge in [0.1, 0.15) is 0 Å². The van der Waals surface area contributed by atoms with E-state index in [9.17, 15) is 4.79 Å². The Labute approximate surface area is 87.0 Å². The first-order chi connectivity index (χ1) is 6.61. The lowest BCUT2D eigenvalue weighted by Gasteiger charge is -1.91. The number of rotatable bonds is 3. The number of aromatic nitrogens is 2. The van der Waals surface area contributed by atoms with Gasteiger partial charge in [-0.25, -0.2) is 0 Å². The third kappa shape index (κ3) is 2.92. The summed E-state index contributed by atoms with van der Waals surface area (Å²) in [5.41, 5.74) is 7.45. The number of thioether (sulfide) groups is 1. The molecule has 4 nitrogen and oxygen atoms in total. The fourth-order valence-corrected chi connectivity index (χ4v) is 1.43. The van der Waals surface area contributed by atoms with Crippen LogP contribution in [0.5, 0.6) is 0 Å². The lowest BCUT2D eigenvalue weighted by molar-refractivity contribution is -0.109. The van der Waals surface area contributed by atoms with Gasteiger partial charge in [-0.15, -0.1) is 0 Å². The van der Waals surface area contributed by atoms with Gasteiger partial charge in [0.15, 0.2) is 10.9 Å². The molecule has 1 heterocycles. The van der Waals surface area contributed by atoms with Crippen LogP contribution >= 0.6 is 11.8 Å². The summed E-state index contributed by atoms with van der Waals surface area (Å²) in [5, 5.41) is 6.76. The van der Waals surface area contributed by atoms with Gasteiger partial charge in [0.25, 0.3) is 0 Å². The number of nitrogens with two attached hydrogens (primary N) is 1. The largest absolute Gasteiger partial charge is 0.382 e. The molecule has 14 heavy (non-hydrogen) atoms. The Morgan fingerprint density at radius 1 is 1.71 bits per heavy atom. The van der Waals surface area contributed by atoms with E-state index in [0.29, 0.717) is 11.6 Å². The quantitative estimate of drug-likeness (QED) is 0.796. The minimum atomic E-state index is 0.117. The second-order valence-corrected chi connectivity index (χ2v) is 4.05. The average molecular weight is 211 g/mol. The van der Waals surface area contributed by atoms with Crippen molar-refractivity contribution in [1.82, 2.24) is 10.2 Å². The first-order valence-corrected chi connectivity index (χ1v) is 5.20. The summed E-state index contributed by atoms with van der Waals surface area (Å²) in [6, 6.07) is 0. The molecule has 1 rings (SSSR count). The van der Waals surface area contributed by atoms with E-state index in [0.717, 1.165) is 11.3 Å². The van der Waals surface area contributed by atoms with Gasteiger partial charge in [0, 0.05) is 23.9 Å². The minimum Gasteiger partial charge on any atom is -0.382 e. The van der Waals surface area contributed by atoms with Gasteiger partial charge >= 0.3 is 0 Å². The summed E-state index contributed by atoms with van der Waals surface area (Å²) in [6.07, 6.45) is 3.78. The summed E-state index contributed by atoms with van der Waals surface area (Å²) < 4.78 is 0. The Kier molecular flexibility index (Phi) is 3.76. The van der Waals surface area contributed by atoms with Crippen molar-refractivity contribution in [3.8, 4) is 0 Å². The molecule has 5 heteroatoms. The van der Waals surface area contributed by atoms with Crippen molar-refractivity contribution in [2.45, 2.75) is 13.8 Å². The van der Waals surface area contributed by atoms with Crippen molar-refractivity contribution < 1.29 is 4.79 Å². The minimum absolute atomic E-state index is 0.117. The van der Waals surface area contributed by atoms with E-state index < -0.39 is 0 Å². The number of carbonyl (C=O) groups excluding carboxylic acids is 1. The Hall–Kier alpha value is -1.23. The van der Waals surface area contributed by atoms with Crippen LogP contribution in [0.3, 0.4) is 0 Å². The molecule has 0 aliphatic carbocycles. The molecule has 0 aromatic carbocycles. The van der Waals surface area contributed by atoms with Gasteiger partial charge < -0.3 is 5.73 Å². The SMILES string of the molecule is CC(=O)SCC=Cc1c(N)n[nH]c1C. The number of carbonyl (C=O) groups is 1. The molecule has 0 amide bonds. The van der Waals surface area contributed by atoms with Crippen LogP contribution in [-0.2, 0) is 4.79 Å². The average Bonchev–Trinajstić information content (AvgIpc) is 2.42. The van der Waals surface area contributed by atoms with Crippen LogP contribution in [0.2, 0.25) is 0 Å². The number of hydrogen-bond donors (Lipinski definition) is 2. The number of nitrogens with zero attached hydrogens (tertiary/aromatic N) is 1. The van der Waals surface area contributed by atoms with E-state index in [4.69, 9.17) is 5.73 Å². The van der Waals surface area contributed by atoms with Crippen LogP contribution < -0.4 is 5.73 Å². The van der Waals surface area contributed by atoms with Gasteiger partial charge in [-0.1, -0.05) is 23.9 Å². The van der Waals surface area contributed by atoms with Gasteiger partial charge in [-0.3, -0.25) is 9.89 Å². The van der Waals surface area contributed by atoms with Crippen molar-refractivity contribution >= 4 is 28.8 Å². The Balaban J connectivity index is 2.55. The summed E-state index contributed by atoms with van der Waals surface area (Å²) >= 11 is 1.27. The van der Waals surface area contributed by atoms with E-state index in [2.05, 4.69) is 10.2 Å². The molecule has 0 aliphatic rings. The van der Waals surface area contributed by atoms with E-state index in [1.807, 2.05) is 19.1 Å². The zero-order valence-corrected chi connectivity index (χ0v) is 9.02. The van der Waals surface area contributed by atoms with Gasteiger partial charge in [-0.2, -0.15) is 5.10 Å². The van der Waals surface area contributed by atoms with Crippen LogP contribution in [0.15, 0.2) is 6.08 Å². The second-order valence-electron chi connectivity index (χ2n) is 2.85. The van der Waals surface area contributed by atoms with Gasteiger partial charge in [-0.05, 0) is 6.92 Å². The lowest BCUT2D eigenvalue weighted by Crippen LogP contribution is -1.87. The maximum atomic E-state index is 10.6. The Morgan fingerprint density at radius 3 is 2.93 bits per heavy atom. The molecular formula is C9H13N3OS. The molecule has 0 atom stereocenters. The normalized spacial score (nSPS) is 11.0. The highest BCUT2D eigenvalue weighted by molar-refractivity contribution is 8.13. The van der Waals surface area contributed by atoms with Crippen LogP contribution in [0.25, 0.3) is 6.08 Å². The molecule has 0 fully saturated rings. The van der Waals surface area contributed by atoms with E-state index in [1.54, 1.807) is 6.92 Å². The third-order valence-electron chi connectivity index (χ3n) is 1.69. The highest BCUT2D eigenvalue weighted by atomic mass is 32.2. The zero-order valence-electron chi connectivity index (χ0n) is 8.20. The van der Waals surface area contributed by atoms with Gasteiger partial charge in [0.05, 0.1) is 0 Å². The zero-order chi connectivity index (χ0) is 10.6. The molecule has 0 saturated heterocycles. The fraction of sp³-hybridized carbons (Fsp3) is 0.333. The van der Waals surface area contributed by atoms with Gasteiger partial charge in [0.2, 0.25) is 0 Å². The molecule has 0 spiro atoms. The first kappa shape index (κ1) is 10.8. The second kappa shape index (κ2) is 4.85. The maximum Gasteiger partial charge on any atom is 0.186 e. The molecule has 3 N–H and O–H groups in total. The topological polar surface area (TPSA) is 71.8 Å².